The van der Waals surface area contributed by atoms with Crippen molar-refractivity contribution in [3.8, 4) is 0 Å². The maximum Gasteiger partial charge on any atom is 0.247 e. The zero-order valence-corrected chi connectivity index (χ0v) is 11.5. The molecule has 0 radical (unpaired) electrons. The largest absolute Gasteiger partial charge is 0.457 e. The fourth-order valence-corrected chi connectivity index (χ4v) is 1.76. The van der Waals surface area contributed by atoms with Crippen molar-refractivity contribution in [2.45, 2.75) is 59.2 Å². The number of hydrogen-bond acceptors (Lipinski definition) is 2. The number of hydrogen-bond donors (Lipinski definition) is 0. The smallest absolute Gasteiger partial charge is 0.247 e. The first-order chi connectivity index (χ1) is 8.02. The standard InChI is InChI=1S/C15H24O2/c1-13(2)7-5-8-14(3)9-6-10-15(4)16-11-12-17-15/h7,9,11-12H,5-6,8,10H2,1-4H3/b14-9+. The molecule has 2 nitrogen and oxygen atoms in total. The summed E-state index contributed by atoms with van der Waals surface area (Å²) in [7, 11) is 0. The Bertz CT molecular complexity index is 312. The molecule has 96 valence electrons. The van der Waals surface area contributed by atoms with E-state index >= 15 is 0 Å². The predicted molar refractivity (Wildman–Crippen MR) is 71.4 cm³/mol. The van der Waals surface area contributed by atoms with Gasteiger partial charge < -0.3 is 9.47 Å². The number of ether oxygens (including phenoxy) is 2. The Balaban J connectivity index is 2.21. The average Bonchev–Trinajstić information content (AvgIpc) is 2.65. The minimum absolute atomic E-state index is 0.448. The first-order valence-corrected chi connectivity index (χ1v) is 6.31. The quantitative estimate of drug-likeness (QED) is 0.623. The summed E-state index contributed by atoms with van der Waals surface area (Å²) >= 11 is 0. The van der Waals surface area contributed by atoms with Crippen molar-refractivity contribution in [3.05, 3.63) is 35.8 Å². The Labute approximate surface area is 105 Å². The van der Waals surface area contributed by atoms with E-state index in [4.69, 9.17) is 9.47 Å². The van der Waals surface area contributed by atoms with Crippen molar-refractivity contribution in [1.82, 2.24) is 0 Å². The third-order valence-corrected chi connectivity index (χ3v) is 2.87. The summed E-state index contributed by atoms with van der Waals surface area (Å²) in [6.07, 6.45) is 12.0. The highest BCUT2D eigenvalue weighted by molar-refractivity contribution is 5.02. The summed E-state index contributed by atoms with van der Waals surface area (Å²) < 4.78 is 10.8. The lowest BCUT2D eigenvalue weighted by Crippen LogP contribution is -2.24. The zero-order valence-electron chi connectivity index (χ0n) is 11.5. The van der Waals surface area contributed by atoms with Crippen LogP contribution in [0.1, 0.15) is 53.4 Å². The van der Waals surface area contributed by atoms with Gasteiger partial charge in [-0.05, 0) is 40.0 Å². The lowest BCUT2D eigenvalue weighted by molar-refractivity contribution is -0.129. The van der Waals surface area contributed by atoms with E-state index in [1.54, 1.807) is 12.5 Å². The van der Waals surface area contributed by atoms with Crippen LogP contribution in [-0.4, -0.2) is 5.79 Å². The van der Waals surface area contributed by atoms with Crippen LogP contribution in [-0.2, 0) is 9.47 Å². The second-order valence-electron chi connectivity index (χ2n) is 5.05. The van der Waals surface area contributed by atoms with Gasteiger partial charge in [-0.15, -0.1) is 0 Å². The van der Waals surface area contributed by atoms with Crippen molar-refractivity contribution >= 4 is 0 Å². The van der Waals surface area contributed by atoms with Crippen LogP contribution in [0.15, 0.2) is 35.8 Å². The summed E-state index contributed by atoms with van der Waals surface area (Å²) in [6.45, 7) is 8.44. The number of allylic oxidation sites excluding steroid dienone is 4. The molecular formula is C15H24O2. The molecule has 1 aliphatic rings. The summed E-state index contributed by atoms with van der Waals surface area (Å²) in [4.78, 5) is 0. The minimum atomic E-state index is -0.448. The summed E-state index contributed by atoms with van der Waals surface area (Å²) in [5.74, 6) is -0.448. The van der Waals surface area contributed by atoms with Gasteiger partial charge >= 0.3 is 0 Å². The highest BCUT2D eigenvalue weighted by Gasteiger charge is 2.27. The normalized spacial score (nSPS) is 17.5. The second-order valence-corrected chi connectivity index (χ2v) is 5.05. The molecule has 1 rings (SSSR count). The van der Waals surface area contributed by atoms with Crippen LogP contribution in [0.5, 0.6) is 0 Å². The van der Waals surface area contributed by atoms with Crippen molar-refractivity contribution in [2.75, 3.05) is 0 Å². The molecule has 17 heavy (non-hydrogen) atoms. The Hall–Kier alpha value is -1.18. The maximum atomic E-state index is 5.39. The van der Waals surface area contributed by atoms with Gasteiger partial charge in [-0.2, -0.15) is 0 Å². The van der Waals surface area contributed by atoms with Gasteiger partial charge in [0.15, 0.2) is 0 Å². The molecular weight excluding hydrogens is 212 g/mol. The Morgan fingerprint density at radius 1 is 1.06 bits per heavy atom. The van der Waals surface area contributed by atoms with Gasteiger partial charge in [0.2, 0.25) is 5.79 Å². The highest BCUT2D eigenvalue weighted by atomic mass is 16.7. The first-order valence-electron chi connectivity index (χ1n) is 6.31. The van der Waals surface area contributed by atoms with E-state index in [0.29, 0.717) is 0 Å². The Morgan fingerprint density at radius 2 is 1.71 bits per heavy atom. The van der Waals surface area contributed by atoms with Crippen LogP contribution in [0.2, 0.25) is 0 Å². The predicted octanol–water partition coefficient (Wildman–Crippen LogP) is 4.69. The fourth-order valence-electron chi connectivity index (χ4n) is 1.76. The minimum Gasteiger partial charge on any atom is -0.457 e. The van der Waals surface area contributed by atoms with Gasteiger partial charge in [0.1, 0.15) is 12.5 Å². The van der Waals surface area contributed by atoms with Crippen LogP contribution < -0.4 is 0 Å². The van der Waals surface area contributed by atoms with Crippen molar-refractivity contribution in [1.29, 1.82) is 0 Å². The summed E-state index contributed by atoms with van der Waals surface area (Å²) in [6, 6.07) is 0. The SMILES string of the molecule is CC(C)=CCC/C(C)=C/CCC1(C)OC=CO1. The van der Waals surface area contributed by atoms with Crippen LogP contribution in [0.3, 0.4) is 0 Å². The van der Waals surface area contributed by atoms with E-state index in [1.807, 2.05) is 6.92 Å². The molecule has 0 amide bonds. The van der Waals surface area contributed by atoms with Gasteiger partial charge in [-0.3, -0.25) is 0 Å². The molecule has 0 unspecified atom stereocenters. The first kappa shape index (κ1) is 13.9. The van der Waals surface area contributed by atoms with Crippen molar-refractivity contribution < 1.29 is 9.47 Å². The van der Waals surface area contributed by atoms with E-state index in [-0.39, 0.29) is 0 Å². The maximum absolute atomic E-state index is 5.39. The summed E-state index contributed by atoms with van der Waals surface area (Å²) in [5, 5.41) is 0. The lowest BCUT2D eigenvalue weighted by atomic mass is 10.1. The van der Waals surface area contributed by atoms with Crippen LogP contribution >= 0.6 is 0 Å². The van der Waals surface area contributed by atoms with Gasteiger partial charge in [0.25, 0.3) is 0 Å². The van der Waals surface area contributed by atoms with E-state index in [9.17, 15) is 0 Å². The molecule has 0 bridgehead atoms. The lowest BCUT2D eigenvalue weighted by Gasteiger charge is -2.22. The van der Waals surface area contributed by atoms with E-state index in [2.05, 4.69) is 32.9 Å². The van der Waals surface area contributed by atoms with Gasteiger partial charge in [-0.1, -0.05) is 23.3 Å². The van der Waals surface area contributed by atoms with Crippen molar-refractivity contribution in [2.24, 2.45) is 0 Å². The van der Waals surface area contributed by atoms with Gasteiger partial charge in [0, 0.05) is 13.3 Å². The molecule has 0 atom stereocenters. The molecule has 0 aromatic carbocycles. The molecule has 1 aliphatic heterocycles. The molecule has 0 saturated heterocycles. The monoisotopic (exact) mass is 236 g/mol. The number of rotatable bonds is 6. The van der Waals surface area contributed by atoms with Crippen LogP contribution in [0, 0.1) is 0 Å². The fraction of sp³-hybridized carbons (Fsp3) is 0.600. The molecule has 0 aromatic heterocycles. The zero-order chi connectivity index (χ0) is 12.7. The third-order valence-electron chi connectivity index (χ3n) is 2.87. The van der Waals surface area contributed by atoms with Crippen molar-refractivity contribution in [3.63, 3.8) is 0 Å². The molecule has 0 N–H and O–H groups in total. The average molecular weight is 236 g/mol. The molecule has 0 saturated carbocycles. The highest BCUT2D eigenvalue weighted by Crippen LogP contribution is 2.25. The summed E-state index contributed by atoms with van der Waals surface area (Å²) in [5.41, 5.74) is 2.83. The van der Waals surface area contributed by atoms with E-state index < -0.39 is 5.79 Å². The third kappa shape index (κ3) is 5.62. The van der Waals surface area contributed by atoms with Gasteiger partial charge in [0.05, 0.1) is 0 Å². The molecule has 2 heteroatoms. The topological polar surface area (TPSA) is 18.5 Å². The van der Waals surface area contributed by atoms with Crippen LogP contribution in [0.4, 0.5) is 0 Å². The Morgan fingerprint density at radius 3 is 2.29 bits per heavy atom. The molecule has 0 spiro atoms. The Kier molecular flexibility index (Phi) is 5.33. The molecule has 0 aliphatic carbocycles. The van der Waals surface area contributed by atoms with Gasteiger partial charge in [-0.25, -0.2) is 0 Å². The molecule has 0 fully saturated rings. The van der Waals surface area contributed by atoms with Crippen LogP contribution in [0.25, 0.3) is 0 Å². The second kappa shape index (κ2) is 6.53. The molecule has 0 aromatic rings. The van der Waals surface area contributed by atoms with E-state index in [1.165, 1.54) is 11.1 Å². The van der Waals surface area contributed by atoms with E-state index in [0.717, 1.165) is 25.7 Å². The molecule has 1 heterocycles.